The Morgan fingerprint density at radius 3 is 2.73 bits per heavy atom. The number of carbonyl (C=O) groups excluding carboxylic acids is 1. The molecule has 1 heterocycles. The van der Waals surface area contributed by atoms with E-state index in [2.05, 4.69) is 0 Å². The molecular weight excluding hydrogens is 211 g/mol. The summed E-state index contributed by atoms with van der Waals surface area (Å²) in [6.45, 7) is 1.86. The molecule has 2 aromatic rings. The Bertz CT molecular complexity index is 502. The molecule has 3 heteroatoms. The van der Waals surface area contributed by atoms with E-state index in [1.54, 1.807) is 6.07 Å². The maximum Gasteiger partial charge on any atom is 0.160 e. The number of hydrogen-bond acceptors (Lipinski definition) is 2. The molecule has 1 aromatic carbocycles. The van der Waals surface area contributed by atoms with Crippen LogP contribution in [-0.2, 0) is 0 Å². The Morgan fingerprint density at radius 2 is 2.13 bits per heavy atom. The average Bonchev–Trinajstić information content (AvgIpc) is 2.66. The normalized spacial score (nSPS) is 10.3. The van der Waals surface area contributed by atoms with Gasteiger partial charge >= 0.3 is 0 Å². The minimum Gasteiger partial charge on any atom is -0.297 e. The highest BCUT2D eigenvalue weighted by molar-refractivity contribution is 7.12. The third-order valence-corrected chi connectivity index (χ3v) is 3.09. The molecule has 0 radical (unpaired) electrons. The van der Waals surface area contributed by atoms with Gasteiger partial charge in [0.1, 0.15) is 5.82 Å². The lowest BCUT2D eigenvalue weighted by molar-refractivity contribution is 0.112. The van der Waals surface area contributed by atoms with Crippen LogP contribution in [0, 0.1) is 12.7 Å². The highest BCUT2D eigenvalue weighted by atomic mass is 32.1. The average molecular weight is 220 g/mol. The van der Waals surface area contributed by atoms with Crippen LogP contribution in [0.4, 0.5) is 4.39 Å². The second kappa shape index (κ2) is 3.95. The Labute approximate surface area is 91.2 Å². The molecule has 0 aliphatic heterocycles. The summed E-state index contributed by atoms with van der Waals surface area (Å²) in [7, 11) is 0. The zero-order valence-electron chi connectivity index (χ0n) is 8.16. The van der Waals surface area contributed by atoms with Crippen LogP contribution in [0.3, 0.4) is 0 Å². The SMILES string of the molecule is Cc1cc(F)ccc1-c1csc(C=O)c1. The molecule has 0 atom stereocenters. The van der Waals surface area contributed by atoms with Gasteiger partial charge in [-0.1, -0.05) is 6.07 Å². The summed E-state index contributed by atoms with van der Waals surface area (Å²) in [5, 5.41) is 1.91. The molecule has 0 aliphatic rings. The van der Waals surface area contributed by atoms with E-state index in [-0.39, 0.29) is 5.82 Å². The number of hydrogen-bond donors (Lipinski definition) is 0. The lowest BCUT2D eigenvalue weighted by Gasteiger charge is -2.02. The second-order valence-electron chi connectivity index (χ2n) is 3.31. The van der Waals surface area contributed by atoms with Crippen LogP contribution in [0.5, 0.6) is 0 Å². The Balaban J connectivity index is 2.49. The van der Waals surface area contributed by atoms with Gasteiger partial charge in [0.25, 0.3) is 0 Å². The van der Waals surface area contributed by atoms with E-state index in [0.717, 1.165) is 23.0 Å². The van der Waals surface area contributed by atoms with Crippen LogP contribution in [0.25, 0.3) is 11.1 Å². The van der Waals surface area contributed by atoms with Crippen LogP contribution in [0.15, 0.2) is 29.6 Å². The molecule has 1 nitrogen and oxygen atoms in total. The van der Waals surface area contributed by atoms with Gasteiger partial charge in [0.05, 0.1) is 4.88 Å². The summed E-state index contributed by atoms with van der Waals surface area (Å²) in [4.78, 5) is 11.2. The number of aryl methyl sites for hydroxylation is 1. The number of aldehydes is 1. The zero-order chi connectivity index (χ0) is 10.8. The predicted octanol–water partition coefficient (Wildman–Crippen LogP) is 3.68. The van der Waals surface area contributed by atoms with E-state index in [4.69, 9.17) is 0 Å². The third kappa shape index (κ3) is 1.97. The monoisotopic (exact) mass is 220 g/mol. The molecule has 0 aliphatic carbocycles. The number of rotatable bonds is 2. The first-order valence-electron chi connectivity index (χ1n) is 4.51. The maximum absolute atomic E-state index is 12.9. The molecular formula is C12H9FOS. The van der Waals surface area contributed by atoms with Gasteiger partial charge in [-0.15, -0.1) is 11.3 Å². The number of thiophene rings is 1. The molecule has 0 saturated heterocycles. The maximum atomic E-state index is 12.9. The lowest BCUT2D eigenvalue weighted by atomic mass is 10.0. The van der Waals surface area contributed by atoms with Gasteiger partial charge in [-0.25, -0.2) is 4.39 Å². The fourth-order valence-electron chi connectivity index (χ4n) is 1.51. The largest absolute Gasteiger partial charge is 0.297 e. The number of carbonyl (C=O) groups is 1. The minimum atomic E-state index is -0.234. The van der Waals surface area contributed by atoms with Crippen molar-refractivity contribution in [2.75, 3.05) is 0 Å². The fourth-order valence-corrected chi connectivity index (χ4v) is 2.22. The molecule has 0 amide bonds. The number of benzene rings is 1. The summed E-state index contributed by atoms with van der Waals surface area (Å²) in [6.07, 6.45) is 0.826. The quantitative estimate of drug-likeness (QED) is 0.706. The molecule has 0 N–H and O–H groups in total. The van der Waals surface area contributed by atoms with Gasteiger partial charge in [-0.3, -0.25) is 4.79 Å². The van der Waals surface area contributed by atoms with Gasteiger partial charge in [0.15, 0.2) is 6.29 Å². The molecule has 0 bridgehead atoms. The van der Waals surface area contributed by atoms with E-state index in [1.807, 2.05) is 18.4 Å². The molecule has 2 rings (SSSR count). The smallest absolute Gasteiger partial charge is 0.160 e. The number of halogens is 1. The third-order valence-electron chi connectivity index (χ3n) is 2.24. The second-order valence-corrected chi connectivity index (χ2v) is 4.26. The van der Waals surface area contributed by atoms with Crippen molar-refractivity contribution in [2.24, 2.45) is 0 Å². The Kier molecular flexibility index (Phi) is 2.64. The summed E-state index contributed by atoms with van der Waals surface area (Å²) in [5.74, 6) is -0.234. The standard InChI is InChI=1S/C12H9FOS/c1-8-4-10(13)2-3-12(8)9-5-11(6-14)15-7-9/h2-7H,1H3. The molecule has 0 spiro atoms. The van der Waals surface area contributed by atoms with Crippen LogP contribution in [-0.4, -0.2) is 6.29 Å². The van der Waals surface area contributed by atoms with Crippen molar-refractivity contribution in [2.45, 2.75) is 6.92 Å². The molecule has 0 saturated carbocycles. The summed E-state index contributed by atoms with van der Waals surface area (Å²) < 4.78 is 12.9. The van der Waals surface area contributed by atoms with Crippen LogP contribution in [0.2, 0.25) is 0 Å². The van der Waals surface area contributed by atoms with Crippen LogP contribution >= 0.6 is 11.3 Å². The molecule has 0 fully saturated rings. The minimum absolute atomic E-state index is 0.234. The van der Waals surface area contributed by atoms with Crippen molar-refractivity contribution in [1.82, 2.24) is 0 Å². The van der Waals surface area contributed by atoms with Crippen molar-refractivity contribution >= 4 is 17.6 Å². The van der Waals surface area contributed by atoms with Gasteiger partial charge in [0, 0.05) is 0 Å². The van der Waals surface area contributed by atoms with E-state index >= 15 is 0 Å². The van der Waals surface area contributed by atoms with E-state index in [9.17, 15) is 9.18 Å². The van der Waals surface area contributed by atoms with Crippen LogP contribution < -0.4 is 0 Å². The topological polar surface area (TPSA) is 17.1 Å². The molecule has 0 unspecified atom stereocenters. The lowest BCUT2D eigenvalue weighted by Crippen LogP contribution is -1.83. The van der Waals surface area contributed by atoms with Crippen molar-refractivity contribution in [1.29, 1.82) is 0 Å². The van der Waals surface area contributed by atoms with Gasteiger partial charge in [-0.2, -0.15) is 0 Å². The van der Waals surface area contributed by atoms with E-state index < -0.39 is 0 Å². The zero-order valence-corrected chi connectivity index (χ0v) is 8.98. The summed E-state index contributed by atoms with van der Waals surface area (Å²) in [6, 6.07) is 6.48. The summed E-state index contributed by atoms with van der Waals surface area (Å²) >= 11 is 1.40. The summed E-state index contributed by atoms with van der Waals surface area (Å²) in [5.41, 5.74) is 2.82. The first kappa shape index (κ1) is 10.1. The highest BCUT2D eigenvalue weighted by Crippen LogP contribution is 2.27. The Morgan fingerprint density at radius 1 is 1.33 bits per heavy atom. The predicted molar refractivity (Wildman–Crippen MR) is 59.8 cm³/mol. The van der Waals surface area contributed by atoms with Crippen LogP contribution in [0.1, 0.15) is 15.2 Å². The Hall–Kier alpha value is -1.48. The van der Waals surface area contributed by atoms with Gasteiger partial charge in [0.2, 0.25) is 0 Å². The van der Waals surface area contributed by atoms with E-state index in [1.165, 1.54) is 23.5 Å². The van der Waals surface area contributed by atoms with Crippen molar-refractivity contribution in [3.63, 3.8) is 0 Å². The highest BCUT2D eigenvalue weighted by Gasteiger charge is 2.05. The van der Waals surface area contributed by atoms with Gasteiger partial charge in [-0.05, 0) is 47.2 Å². The molecule has 76 valence electrons. The van der Waals surface area contributed by atoms with Crippen molar-refractivity contribution in [3.05, 3.63) is 45.9 Å². The molecule has 15 heavy (non-hydrogen) atoms. The molecule has 1 aromatic heterocycles. The first-order chi connectivity index (χ1) is 7.20. The van der Waals surface area contributed by atoms with Crippen molar-refractivity contribution < 1.29 is 9.18 Å². The first-order valence-corrected chi connectivity index (χ1v) is 5.39. The van der Waals surface area contributed by atoms with Crippen molar-refractivity contribution in [3.8, 4) is 11.1 Å². The van der Waals surface area contributed by atoms with Gasteiger partial charge < -0.3 is 0 Å². The van der Waals surface area contributed by atoms with E-state index in [0.29, 0.717) is 4.88 Å². The fraction of sp³-hybridized carbons (Fsp3) is 0.0833.